The molecule has 1 saturated heterocycles. The highest BCUT2D eigenvalue weighted by molar-refractivity contribution is 7.96. The Morgan fingerprint density at radius 1 is 1.22 bits per heavy atom. The predicted octanol–water partition coefficient (Wildman–Crippen LogP) is 3.77. The van der Waals surface area contributed by atoms with Gasteiger partial charge in [0.2, 0.25) is 11.8 Å². The van der Waals surface area contributed by atoms with E-state index in [0.717, 1.165) is 10.6 Å². The van der Waals surface area contributed by atoms with Crippen LogP contribution in [0.25, 0.3) is 11.8 Å². The van der Waals surface area contributed by atoms with Crippen LogP contribution in [0.4, 0.5) is 18.0 Å². The van der Waals surface area contributed by atoms with Crippen molar-refractivity contribution in [3.05, 3.63) is 46.5 Å². The van der Waals surface area contributed by atoms with Gasteiger partial charge in [0.1, 0.15) is 0 Å². The SMILES string of the molecule is Cc1c(C=CCN2CCN(C(=O)S)CC2)c(O)n(-c2ccc(C#N)c(C(F)(F)F)c2)c1O. The molecule has 32 heavy (non-hydrogen) atoms. The first kappa shape index (κ1) is 23.6. The Morgan fingerprint density at radius 2 is 1.88 bits per heavy atom. The number of carbonyl (C=O) groups excluding carboxylic acids is 1. The molecule has 7 nitrogen and oxygen atoms in total. The molecule has 2 N–H and O–H groups in total. The Morgan fingerprint density at radius 3 is 2.44 bits per heavy atom. The molecule has 1 aromatic heterocycles. The summed E-state index contributed by atoms with van der Waals surface area (Å²) in [6.07, 6.45) is -1.41. The van der Waals surface area contributed by atoms with Gasteiger partial charge >= 0.3 is 6.18 Å². The monoisotopic (exact) mass is 466 g/mol. The average molecular weight is 466 g/mol. The minimum absolute atomic E-state index is 0.124. The summed E-state index contributed by atoms with van der Waals surface area (Å²) in [6, 6.07) is 4.44. The van der Waals surface area contributed by atoms with Crippen molar-refractivity contribution in [2.75, 3.05) is 32.7 Å². The second-order valence-electron chi connectivity index (χ2n) is 7.33. The maximum atomic E-state index is 13.3. The Bertz CT molecular complexity index is 1100. The molecule has 1 fully saturated rings. The van der Waals surface area contributed by atoms with Crippen molar-refractivity contribution in [1.29, 1.82) is 5.26 Å². The maximum absolute atomic E-state index is 13.3. The molecule has 3 rings (SSSR count). The summed E-state index contributed by atoms with van der Waals surface area (Å²) in [6.45, 7) is 4.47. The molecule has 2 heterocycles. The van der Waals surface area contributed by atoms with E-state index in [1.165, 1.54) is 19.1 Å². The summed E-state index contributed by atoms with van der Waals surface area (Å²) >= 11 is 3.81. The van der Waals surface area contributed by atoms with E-state index < -0.39 is 29.1 Å². The quantitative estimate of drug-likeness (QED) is 0.597. The molecule has 11 heteroatoms. The Labute approximate surface area is 188 Å². The number of thiol groups is 1. The summed E-state index contributed by atoms with van der Waals surface area (Å²) in [7, 11) is 0. The number of piperazine rings is 1. The lowest BCUT2D eigenvalue weighted by Crippen LogP contribution is -2.47. The topological polar surface area (TPSA) is 92.7 Å². The smallest absolute Gasteiger partial charge is 0.417 e. The lowest BCUT2D eigenvalue weighted by Gasteiger charge is -2.33. The van der Waals surface area contributed by atoms with Crippen LogP contribution in [0, 0.1) is 18.3 Å². The molecule has 1 amide bonds. The number of hydrogen-bond donors (Lipinski definition) is 3. The van der Waals surface area contributed by atoms with Crippen LogP contribution in [-0.2, 0) is 6.18 Å². The van der Waals surface area contributed by atoms with E-state index in [2.05, 4.69) is 17.5 Å². The molecular formula is C21H21F3N4O3S. The van der Waals surface area contributed by atoms with E-state index in [9.17, 15) is 28.2 Å². The van der Waals surface area contributed by atoms with Gasteiger partial charge in [0, 0.05) is 43.9 Å². The Hall–Kier alpha value is -3.10. The first-order valence-corrected chi connectivity index (χ1v) is 10.1. The molecule has 1 aromatic carbocycles. The summed E-state index contributed by atoms with van der Waals surface area (Å²) in [5.41, 5.74) is -1.27. The van der Waals surface area contributed by atoms with Crippen molar-refractivity contribution < 1.29 is 28.2 Å². The van der Waals surface area contributed by atoms with Crippen LogP contribution >= 0.6 is 12.6 Å². The molecule has 1 aliphatic rings. The number of nitrogens with zero attached hydrogens (tertiary/aromatic N) is 4. The van der Waals surface area contributed by atoms with Gasteiger partial charge in [0.15, 0.2) is 0 Å². The highest BCUT2D eigenvalue weighted by Crippen LogP contribution is 2.39. The number of hydrogen-bond acceptors (Lipinski definition) is 5. The van der Waals surface area contributed by atoms with E-state index in [4.69, 9.17) is 5.26 Å². The largest absolute Gasteiger partial charge is 0.494 e. The molecule has 1 aliphatic heterocycles. The van der Waals surface area contributed by atoms with Crippen LogP contribution in [0.2, 0.25) is 0 Å². The third-order valence-electron chi connectivity index (χ3n) is 5.38. The fourth-order valence-electron chi connectivity index (χ4n) is 3.57. The molecule has 0 radical (unpaired) electrons. The highest BCUT2D eigenvalue weighted by atomic mass is 32.1. The fourth-order valence-corrected chi connectivity index (χ4v) is 3.77. The van der Waals surface area contributed by atoms with E-state index in [0.29, 0.717) is 44.4 Å². The van der Waals surface area contributed by atoms with E-state index in [1.807, 2.05) is 0 Å². The molecule has 0 saturated carbocycles. The van der Waals surface area contributed by atoms with Crippen molar-refractivity contribution in [3.63, 3.8) is 0 Å². The van der Waals surface area contributed by atoms with Gasteiger partial charge in [-0.25, -0.2) is 0 Å². The summed E-state index contributed by atoms with van der Waals surface area (Å²) in [5.74, 6) is -0.819. The van der Waals surface area contributed by atoms with Crippen LogP contribution in [0.3, 0.4) is 0 Å². The van der Waals surface area contributed by atoms with Crippen molar-refractivity contribution in [2.45, 2.75) is 13.1 Å². The van der Waals surface area contributed by atoms with Gasteiger partial charge in [0.25, 0.3) is 5.24 Å². The Kier molecular flexibility index (Phi) is 6.76. The third-order valence-corrected chi connectivity index (χ3v) is 5.66. The molecule has 0 bridgehead atoms. The van der Waals surface area contributed by atoms with Gasteiger partial charge < -0.3 is 15.1 Å². The van der Waals surface area contributed by atoms with Crippen molar-refractivity contribution in [1.82, 2.24) is 14.4 Å². The number of alkyl halides is 3. The molecule has 2 aromatic rings. The second kappa shape index (κ2) is 9.18. The number of carbonyl (C=O) groups is 1. The summed E-state index contributed by atoms with van der Waals surface area (Å²) in [4.78, 5) is 15.0. The van der Waals surface area contributed by atoms with Crippen molar-refractivity contribution in [2.24, 2.45) is 0 Å². The molecule has 170 valence electrons. The van der Waals surface area contributed by atoms with Gasteiger partial charge in [-0.05, 0) is 25.1 Å². The van der Waals surface area contributed by atoms with Crippen LogP contribution in [0.5, 0.6) is 11.8 Å². The van der Waals surface area contributed by atoms with E-state index in [-0.39, 0.29) is 16.5 Å². The summed E-state index contributed by atoms with van der Waals surface area (Å²) in [5, 5.41) is 29.8. The van der Waals surface area contributed by atoms with Gasteiger partial charge in [-0.3, -0.25) is 14.3 Å². The Balaban J connectivity index is 1.85. The van der Waals surface area contributed by atoms with Gasteiger partial charge in [-0.2, -0.15) is 18.4 Å². The maximum Gasteiger partial charge on any atom is 0.417 e. The zero-order valence-corrected chi connectivity index (χ0v) is 18.0. The number of amides is 1. The van der Waals surface area contributed by atoms with Crippen LogP contribution in [0.15, 0.2) is 24.3 Å². The molecule has 0 spiro atoms. The fraction of sp³-hybridized carbons (Fsp3) is 0.333. The predicted molar refractivity (Wildman–Crippen MR) is 115 cm³/mol. The molecule has 0 unspecified atom stereocenters. The molecule has 0 atom stereocenters. The number of halogens is 3. The van der Waals surface area contributed by atoms with E-state index in [1.54, 1.807) is 17.1 Å². The standard InChI is InChI=1S/C21H21F3N4O3S/c1-13-16(3-2-6-26-7-9-27(10-8-26)20(31)32)19(30)28(18(13)29)15-5-4-14(12-25)17(11-15)21(22,23)24/h2-5,11,29-30H,6-10H2,1H3,(H,31,32). The van der Waals surface area contributed by atoms with Gasteiger partial charge in [-0.1, -0.05) is 24.8 Å². The zero-order valence-electron chi connectivity index (χ0n) is 17.1. The van der Waals surface area contributed by atoms with Crippen molar-refractivity contribution >= 4 is 23.9 Å². The zero-order chi connectivity index (χ0) is 23.6. The minimum atomic E-state index is -4.77. The van der Waals surface area contributed by atoms with Crippen LogP contribution < -0.4 is 0 Å². The highest BCUT2D eigenvalue weighted by Gasteiger charge is 2.34. The molecule has 0 aliphatic carbocycles. The first-order chi connectivity index (χ1) is 15.0. The lowest BCUT2D eigenvalue weighted by molar-refractivity contribution is -0.137. The van der Waals surface area contributed by atoms with Crippen LogP contribution in [-0.4, -0.2) is 62.5 Å². The normalized spacial score (nSPS) is 15.3. The minimum Gasteiger partial charge on any atom is -0.494 e. The van der Waals surface area contributed by atoms with Gasteiger partial charge in [-0.15, -0.1) is 0 Å². The number of nitriles is 1. The lowest BCUT2D eigenvalue weighted by atomic mass is 10.1. The van der Waals surface area contributed by atoms with E-state index >= 15 is 0 Å². The third kappa shape index (κ3) is 4.71. The van der Waals surface area contributed by atoms with Gasteiger partial charge in [0.05, 0.1) is 22.9 Å². The van der Waals surface area contributed by atoms with Crippen molar-refractivity contribution in [3.8, 4) is 23.5 Å². The number of aromatic nitrogens is 1. The number of benzene rings is 1. The first-order valence-electron chi connectivity index (χ1n) is 9.66. The summed E-state index contributed by atoms with van der Waals surface area (Å²) < 4.78 is 40.8. The average Bonchev–Trinajstić information content (AvgIpc) is 2.96. The van der Waals surface area contributed by atoms with Crippen LogP contribution in [0.1, 0.15) is 22.3 Å². The number of aromatic hydroxyl groups is 2. The number of rotatable bonds is 4. The molecular weight excluding hydrogens is 445 g/mol. The second-order valence-corrected chi connectivity index (χ2v) is 7.72.